The number of imide groups is 1. The minimum Gasteiger partial charge on any atom is -0.481 e. The van der Waals surface area contributed by atoms with Crippen LogP contribution in [0, 0.1) is 11.3 Å². The highest BCUT2D eigenvalue weighted by molar-refractivity contribution is 6.55. The molecular weight excluding hydrogens is 400 g/mol. The first kappa shape index (κ1) is 16.5. The molecule has 2 saturated carbocycles. The molecule has 1 atom stereocenters. The number of amides is 2. The van der Waals surface area contributed by atoms with Crippen molar-refractivity contribution in [2.75, 3.05) is 0 Å². The van der Waals surface area contributed by atoms with E-state index < -0.39 is 23.7 Å². The number of aliphatic carboxylic acids is 1. The number of rotatable bonds is 2. The molecule has 2 aliphatic carbocycles. The number of carbonyl (C=O) groups excluding carboxylic acids is 2. The van der Waals surface area contributed by atoms with Crippen molar-refractivity contribution in [3.63, 3.8) is 0 Å². The molecule has 0 aromatic heterocycles. The number of carboxylic acids is 1. The SMILES string of the molecule is O=C(O)C1CC2(C1)CC2N1C(=O)c2c(Cl)c(Cl)c(Cl)c(Cl)c2C1=O. The van der Waals surface area contributed by atoms with Gasteiger partial charge in [-0.3, -0.25) is 19.3 Å². The largest absolute Gasteiger partial charge is 0.481 e. The third-order valence-corrected chi connectivity index (χ3v) is 7.05. The molecular formula is C15H9Cl4NO4. The van der Waals surface area contributed by atoms with Crippen molar-refractivity contribution in [1.82, 2.24) is 4.90 Å². The summed E-state index contributed by atoms with van der Waals surface area (Å²) in [5.74, 6) is -2.37. The zero-order chi connectivity index (χ0) is 17.5. The van der Waals surface area contributed by atoms with Crippen molar-refractivity contribution in [2.24, 2.45) is 11.3 Å². The lowest BCUT2D eigenvalue weighted by Crippen LogP contribution is -2.41. The Labute approximate surface area is 156 Å². The summed E-state index contributed by atoms with van der Waals surface area (Å²) in [5, 5.41) is 8.71. The van der Waals surface area contributed by atoms with E-state index in [-0.39, 0.29) is 42.7 Å². The van der Waals surface area contributed by atoms with Crippen LogP contribution in [0.4, 0.5) is 0 Å². The van der Waals surface area contributed by atoms with Crippen LogP contribution in [0.2, 0.25) is 20.1 Å². The molecule has 1 spiro atoms. The number of carbonyl (C=O) groups is 3. The fraction of sp³-hybridized carbons (Fsp3) is 0.400. The highest BCUT2D eigenvalue weighted by Gasteiger charge is 2.68. The maximum absolute atomic E-state index is 12.7. The summed E-state index contributed by atoms with van der Waals surface area (Å²) in [6, 6.07) is -0.329. The van der Waals surface area contributed by atoms with E-state index in [2.05, 4.69) is 0 Å². The molecule has 0 bridgehead atoms. The minimum absolute atomic E-state index is 0.0303. The van der Waals surface area contributed by atoms with E-state index in [1.54, 1.807) is 0 Å². The second-order valence-corrected chi connectivity index (χ2v) is 8.02. The summed E-state index contributed by atoms with van der Waals surface area (Å²) in [4.78, 5) is 37.5. The molecule has 24 heavy (non-hydrogen) atoms. The van der Waals surface area contributed by atoms with Crippen molar-refractivity contribution in [3.8, 4) is 0 Å². The van der Waals surface area contributed by atoms with Crippen molar-refractivity contribution in [3.05, 3.63) is 31.2 Å². The van der Waals surface area contributed by atoms with Crippen LogP contribution in [0.1, 0.15) is 40.0 Å². The molecule has 0 radical (unpaired) electrons. The van der Waals surface area contributed by atoms with E-state index >= 15 is 0 Å². The number of nitrogens with zero attached hydrogens (tertiary/aromatic N) is 1. The number of benzene rings is 1. The fourth-order valence-electron chi connectivity index (χ4n) is 3.88. The van der Waals surface area contributed by atoms with Gasteiger partial charge in [-0.25, -0.2) is 0 Å². The summed E-state index contributed by atoms with van der Waals surface area (Å²) >= 11 is 24.1. The molecule has 1 aromatic rings. The lowest BCUT2D eigenvalue weighted by atomic mass is 9.71. The van der Waals surface area contributed by atoms with E-state index in [4.69, 9.17) is 51.5 Å². The van der Waals surface area contributed by atoms with Crippen LogP contribution in [-0.4, -0.2) is 33.8 Å². The third-order valence-electron chi connectivity index (χ3n) is 5.25. The van der Waals surface area contributed by atoms with Crippen molar-refractivity contribution >= 4 is 64.2 Å². The average Bonchev–Trinajstić information content (AvgIpc) is 3.16. The molecule has 3 aliphatic rings. The Kier molecular flexibility index (Phi) is 3.43. The standard InChI is InChI=1S/C15H9Cl4NO4/c16-8-6-7(9(17)11(19)10(8)18)13(22)20(12(6)21)5-3-15(5)1-4(2-15)14(23)24/h4-5H,1-3H2,(H,23,24). The third kappa shape index (κ3) is 1.93. The number of halogens is 4. The summed E-state index contributed by atoms with van der Waals surface area (Å²) < 4.78 is 0. The quantitative estimate of drug-likeness (QED) is 0.453. The molecule has 0 saturated heterocycles. The first-order valence-corrected chi connectivity index (χ1v) is 8.67. The van der Waals surface area contributed by atoms with Crippen LogP contribution in [-0.2, 0) is 4.79 Å². The summed E-state index contributed by atoms with van der Waals surface area (Å²) in [5.41, 5.74) is -0.349. The number of carboxylic acid groups (broad SMARTS) is 1. The smallest absolute Gasteiger partial charge is 0.306 e. The van der Waals surface area contributed by atoms with Crippen molar-refractivity contribution < 1.29 is 19.5 Å². The van der Waals surface area contributed by atoms with Crippen LogP contribution in [0.25, 0.3) is 0 Å². The molecule has 1 aromatic carbocycles. The van der Waals surface area contributed by atoms with E-state index in [9.17, 15) is 14.4 Å². The monoisotopic (exact) mass is 407 g/mol. The molecule has 126 valence electrons. The molecule has 1 N–H and O–H groups in total. The van der Waals surface area contributed by atoms with E-state index in [0.717, 1.165) is 4.90 Å². The molecule has 2 fully saturated rings. The van der Waals surface area contributed by atoms with Crippen molar-refractivity contribution in [1.29, 1.82) is 0 Å². The zero-order valence-corrected chi connectivity index (χ0v) is 14.9. The lowest BCUT2D eigenvalue weighted by molar-refractivity contribution is -0.147. The molecule has 9 heteroatoms. The van der Waals surface area contributed by atoms with Gasteiger partial charge in [0.2, 0.25) is 0 Å². The van der Waals surface area contributed by atoms with Gasteiger partial charge in [-0.05, 0) is 24.7 Å². The normalized spacial score (nSPS) is 30.6. The van der Waals surface area contributed by atoms with E-state index in [1.807, 2.05) is 0 Å². The Morgan fingerprint density at radius 3 is 1.79 bits per heavy atom. The van der Waals surface area contributed by atoms with E-state index in [0.29, 0.717) is 19.3 Å². The van der Waals surface area contributed by atoms with Gasteiger partial charge in [-0.15, -0.1) is 0 Å². The fourth-order valence-corrected chi connectivity index (χ4v) is 4.89. The maximum Gasteiger partial charge on any atom is 0.306 e. The second-order valence-electron chi connectivity index (χ2n) is 6.51. The minimum atomic E-state index is -0.849. The molecule has 1 heterocycles. The van der Waals surface area contributed by atoms with Crippen molar-refractivity contribution in [2.45, 2.75) is 25.3 Å². The average molecular weight is 409 g/mol. The van der Waals surface area contributed by atoms with Crippen LogP contribution in [0.15, 0.2) is 0 Å². The Bertz CT molecular complexity index is 800. The summed E-state index contributed by atoms with van der Waals surface area (Å²) in [7, 11) is 0. The Morgan fingerprint density at radius 2 is 1.38 bits per heavy atom. The summed E-state index contributed by atoms with van der Waals surface area (Å²) in [6.45, 7) is 0. The Morgan fingerprint density at radius 1 is 0.917 bits per heavy atom. The topological polar surface area (TPSA) is 74.7 Å². The van der Waals surface area contributed by atoms with Gasteiger partial charge < -0.3 is 5.11 Å². The van der Waals surface area contributed by atoms with Gasteiger partial charge >= 0.3 is 5.97 Å². The molecule has 1 unspecified atom stereocenters. The highest BCUT2D eigenvalue weighted by Crippen LogP contribution is 2.66. The molecule has 1 aliphatic heterocycles. The molecule has 4 rings (SSSR count). The lowest BCUT2D eigenvalue weighted by Gasteiger charge is -2.35. The van der Waals surface area contributed by atoms with E-state index in [1.165, 1.54) is 0 Å². The number of hydrogen-bond acceptors (Lipinski definition) is 3. The molecule has 2 amide bonds. The van der Waals surface area contributed by atoms with Gasteiger partial charge in [0.25, 0.3) is 11.8 Å². The van der Waals surface area contributed by atoms with Crippen LogP contribution in [0.3, 0.4) is 0 Å². The number of hydrogen-bond donors (Lipinski definition) is 1. The first-order valence-electron chi connectivity index (χ1n) is 7.16. The van der Waals surface area contributed by atoms with Crippen LogP contribution >= 0.6 is 46.4 Å². The van der Waals surface area contributed by atoms with Crippen LogP contribution < -0.4 is 0 Å². The molecule has 5 nitrogen and oxygen atoms in total. The second kappa shape index (κ2) is 5.01. The number of fused-ring (bicyclic) bond motifs is 1. The van der Waals surface area contributed by atoms with Gasteiger partial charge in [0.1, 0.15) is 0 Å². The Hall–Kier alpha value is -1.01. The predicted octanol–water partition coefficient (Wildman–Crippen LogP) is 4.15. The maximum atomic E-state index is 12.7. The van der Waals surface area contributed by atoms with Gasteiger partial charge in [0.05, 0.1) is 37.1 Å². The summed E-state index contributed by atoms with van der Waals surface area (Å²) in [6.07, 6.45) is 1.52. The van der Waals surface area contributed by atoms with Gasteiger partial charge in [0, 0.05) is 6.04 Å². The highest BCUT2D eigenvalue weighted by atomic mass is 35.5. The van der Waals surface area contributed by atoms with Gasteiger partial charge in [-0.2, -0.15) is 0 Å². The zero-order valence-electron chi connectivity index (χ0n) is 11.9. The van der Waals surface area contributed by atoms with Crippen LogP contribution in [0.5, 0.6) is 0 Å². The Balaban J connectivity index is 1.69. The predicted molar refractivity (Wildman–Crippen MR) is 88.2 cm³/mol. The van der Waals surface area contributed by atoms with Gasteiger partial charge in [0.15, 0.2) is 0 Å². The first-order chi connectivity index (χ1) is 11.2. The van der Waals surface area contributed by atoms with Gasteiger partial charge in [-0.1, -0.05) is 46.4 Å².